The van der Waals surface area contributed by atoms with Gasteiger partial charge >= 0.3 is 0 Å². The number of methoxy groups -OCH3 is 2. The topological polar surface area (TPSA) is 148 Å². The zero-order chi connectivity index (χ0) is 28.5. The molecular weight excluding hydrogens is 516 g/mol. The predicted octanol–water partition coefficient (Wildman–Crippen LogP) is 2.71. The fourth-order valence-electron chi connectivity index (χ4n) is 3.83. The molecule has 2 aromatic rings. The average Bonchev–Trinajstić information content (AvgIpc) is 2.89. The fourth-order valence-corrected chi connectivity index (χ4v) is 4.68. The van der Waals surface area contributed by atoms with Crippen LogP contribution in [0.1, 0.15) is 32.3 Å². The predicted molar refractivity (Wildman–Crippen MR) is 143 cm³/mol. The van der Waals surface area contributed by atoms with Crippen molar-refractivity contribution in [1.29, 1.82) is 0 Å². The van der Waals surface area contributed by atoms with Gasteiger partial charge in [-0.2, -0.15) is 0 Å². The number of nitrogens with zero attached hydrogens (tertiary/aromatic N) is 3. The van der Waals surface area contributed by atoms with Crippen molar-refractivity contribution < 1.29 is 32.4 Å². The first-order chi connectivity index (χ1) is 18.0. The molecule has 0 aromatic heterocycles. The summed E-state index contributed by atoms with van der Waals surface area (Å²) in [5.74, 6) is -0.465. The number of nitro groups is 1. The number of non-ortho nitro benzene ring substituents is 1. The summed E-state index contributed by atoms with van der Waals surface area (Å²) in [5, 5.41) is 14.2. The third-order valence-corrected chi connectivity index (χ3v) is 6.87. The number of carbonyl (C=O) groups excluding carboxylic acids is 2. The Morgan fingerprint density at radius 3 is 2.37 bits per heavy atom. The lowest BCUT2D eigenvalue weighted by Crippen LogP contribution is -2.52. The lowest BCUT2D eigenvalue weighted by molar-refractivity contribution is -0.384. The normalized spacial score (nSPS) is 11.8. The van der Waals surface area contributed by atoms with Gasteiger partial charge < -0.3 is 19.7 Å². The number of anilines is 1. The van der Waals surface area contributed by atoms with E-state index in [-0.39, 0.29) is 36.0 Å². The first-order valence-electron chi connectivity index (χ1n) is 12.0. The van der Waals surface area contributed by atoms with Crippen molar-refractivity contribution in [2.75, 3.05) is 37.9 Å². The van der Waals surface area contributed by atoms with Crippen molar-refractivity contribution in [3.8, 4) is 11.5 Å². The van der Waals surface area contributed by atoms with Crippen LogP contribution in [0, 0.1) is 10.1 Å². The number of benzene rings is 2. The number of nitro benzene ring substituents is 1. The van der Waals surface area contributed by atoms with Crippen LogP contribution >= 0.6 is 0 Å². The van der Waals surface area contributed by atoms with Gasteiger partial charge in [-0.1, -0.05) is 26.0 Å². The molecule has 2 rings (SSSR count). The van der Waals surface area contributed by atoms with Gasteiger partial charge in [-0.05, 0) is 36.6 Å². The van der Waals surface area contributed by atoms with Crippen molar-refractivity contribution in [3.05, 3.63) is 58.1 Å². The van der Waals surface area contributed by atoms with E-state index < -0.39 is 33.4 Å². The summed E-state index contributed by atoms with van der Waals surface area (Å²) < 4.78 is 36.9. The number of sulfonamides is 1. The molecule has 0 fully saturated rings. The van der Waals surface area contributed by atoms with Gasteiger partial charge in [0.1, 0.15) is 29.8 Å². The second-order valence-corrected chi connectivity index (χ2v) is 10.4. The number of nitrogens with one attached hydrogen (secondary N) is 1. The lowest BCUT2D eigenvalue weighted by Gasteiger charge is -2.33. The Morgan fingerprint density at radius 2 is 1.82 bits per heavy atom. The van der Waals surface area contributed by atoms with Crippen molar-refractivity contribution in [1.82, 2.24) is 10.2 Å². The summed E-state index contributed by atoms with van der Waals surface area (Å²) >= 11 is 0. The number of rotatable bonds is 14. The number of amides is 2. The molecule has 0 spiro atoms. The molecule has 0 aliphatic heterocycles. The average molecular weight is 551 g/mol. The second kappa shape index (κ2) is 13.6. The quantitative estimate of drug-likeness (QED) is 0.279. The van der Waals surface area contributed by atoms with Crippen molar-refractivity contribution in [2.45, 2.75) is 39.3 Å². The van der Waals surface area contributed by atoms with E-state index in [0.29, 0.717) is 24.3 Å². The van der Waals surface area contributed by atoms with Gasteiger partial charge in [-0.15, -0.1) is 0 Å². The summed E-state index contributed by atoms with van der Waals surface area (Å²) in [4.78, 5) is 38.8. The minimum atomic E-state index is -4.11. The van der Waals surface area contributed by atoms with Crippen LogP contribution in [0.25, 0.3) is 0 Å². The molecule has 208 valence electrons. The zero-order valence-electron chi connectivity index (χ0n) is 22.2. The van der Waals surface area contributed by atoms with Gasteiger partial charge in [0.25, 0.3) is 5.69 Å². The van der Waals surface area contributed by atoms with E-state index >= 15 is 0 Å². The number of ether oxygens (including phenoxy) is 2. The standard InChI is InChI=1S/C25H34N4O8S/c1-6-13-26-25(31)21(7-2)27(16-18-9-8-10-20(14-18)36-3)24(30)17-28(38(5,34)35)22-15-19(29(32)33)11-12-23(22)37-4/h8-12,14-15,21H,6-7,13,16-17H2,1-5H3,(H,26,31)/t21-/m0/s1. The van der Waals surface area contributed by atoms with Crippen LogP contribution in [0.15, 0.2) is 42.5 Å². The van der Waals surface area contributed by atoms with Crippen LogP contribution in [0.5, 0.6) is 11.5 Å². The number of hydrogen-bond donors (Lipinski definition) is 1. The number of hydrogen-bond acceptors (Lipinski definition) is 8. The Labute approximate surface area is 222 Å². The maximum Gasteiger partial charge on any atom is 0.271 e. The molecule has 0 saturated heterocycles. The molecule has 1 N–H and O–H groups in total. The summed E-state index contributed by atoms with van der Waals surface area (Å²) in [5.41, 5.74) is 0.126. The Morgan fingerprint density at radius 1 is 1.11 bits per heavy atom. The maximum absolute atomic E-state index is 13.8. The lowest BCUT2D eigenvalue weighted by atomic mass is 10.1. The minimum absolute atomic E-state index is 0.00222. The van der Waals surface area contributed by atoms with Crippen LogP contribution < -0.4 is 19.1 Å². The fraction of sp³-hybridized carbons (Fsp3) is 0.440. The number of carbonyl (C=O) groups is 2. The van der Waals surface area contributed by atoms with Gasteiger partial charge in [0.15, 0.2) is 0 Å². The van der Waals surface area contributed by atoms with Gasteiger partial charge in [-0.3, -0.25) is 24.0 Å². The molecule has 0 unspecified atom stereocenters. The summed E-state index contributed by atoms with van der Waals surface area (Å²) in [6.07, 6.45) is 1.85. The molecule has 2 aromatic carbocycles. The molecule has 38 heavy (non-hydrogen) atoms. The van der Waals surface area contributed by atoms with E-state index in [4.69, 9.17) is 9.47 Å². The maximum atomic E-state index is 13.8. The van der Waals surface area contributed by atoms with Crippen LogP contribution in [0.4, 0.5) is 11.4 Å². The smallest absolute Gasteiger partial charge is 0.271 e. The molecule has 13 heteroatoms. The van der Waals surface area contributed by atoms with Crippen LogP contribution in [0.3, 0.4) is 0 Å². The van der Waals surface area contributed by atoms with Gasteiger partial charge in [0.05, 0.1) is 25.4 Å². The molecule has 0 bridgehead atoms. The highest BCUT2D eigenvalue weighted by molar-refractivity contribution is 7.92. The van der Waals surface area contributed by atoms with Gasteiger partial charge in [-0.25, -0.2) is 8.42 Å². The van der Waals surface area contributed by atoms with Crippen LogP contribution in [0.2, 0.25) is 0 Å². The highest BCUT2D eigenvalue weighted by Gasteiger charge is 2.33. The first kappa shape index (κ1) is 30.4. The Hall–Kier alpha value is -3.87. The van der Waals surface area contributed by atoms with E-state index in [1.165, 1.54) is 31.3 Å². The highest BCUT2D eigenvalue weighted by atomic mass is 32.2. The molecular formula is C25H34N4O8S. The van der Waals surface area contributed by atoms with E-state index in [1.807, 2.05) is 6.92 Å². The van der Waals surface area contributed by atoms with E-state index in [9.17, 15) is 28.1 Å². The summed E-state index contributed by atoms with van der Waals surface area (Å²) in [6, 6.07) is 9.53. The monoisotopic (exact) mass is 550 g/mol. The summed E-state index contributed by atoms with van der Waals surface area (Å²) in [7, 11) is -1.32. The molecule has 0 aliphatic carbocycles. The van der Waals surface area contributed by atoms with Crippen molar-refractivity contribution in [2.24, 2.45) is 0 Å². The van der Waals surface area contributed by atoms with Crippen LogP contribution in [-0.2, 0) is 26.2 Å². The molecule has 1 atom stereocenters. The van der Waals surface area contributed by atoms with Crippen LogP contribution in [-0.4, -0.2) is 69.7 Å². The molecule has 0 radical (unpaired) electrons. The van der Waals surface area contributed by atoms with Crippen molar-refractivity contribution >= 4 is 33.2 Å². The van der Waals surface area contributed by atoms with E-state index in [1.54, 1.807) is 31.2 Å². The first-order valence-corrected chi connectivity index (χ1v) is 13.8. The molecule has 0 saturated carbocycles. The van der Waals surface area contributed by atoms with E-state index in [2.05, 4.69) is 5.32 Å². The Bertz CT molecular complexity index is 1250. The molecule has 0 aliphatic rings. The van der Waals surface area contributed by atoms with Crippen molar-refractivity contribution in [3.63, 3.8) is 0 Å². The minimum Gasteiger partial charge on any atom is -0.497 e. The largest absolute Gasteiger partial charge is 0.497 e. The zero-order valence-corrected chi connectivity index (χ0v) is 23.0. The highest BCUT2D eigenvalue weighted by Crippen LogP contribution is 2.34. The Kier molecular flexibility index (Phi) is 10.9. The molecule has 0 heterocycles. The van der Waals surface area contributed by atoms with Gasteiger partial charge in [0.2, 0.25) is 21.8 Å². The SMILES string of the molecule is CCCNC(=O)[C@H](CC)N(Cc1cccc(OC)c1)C(=O)CN(c1cc([N+](=O)[O-])ccc1OC)S(C)(=O)=O. The second-order valence-electron chi connectivity index (χ2n) is 8.47. The molecule has 12 nitrogen and oxygen atoms in total. The van der Waals surface area contributed by atoms with Gasteiger partial charge in [0, 0.05) is 25.2 Å². The van der Waals surface area contributed by atoms with E-state index in [0.717, 1.165) is 16.6 Å². The third-order valence-electron chi connectivity index (χ3n) is 5.74. The summed E-state index contributed by atoms with van der Waals surface area (Å²) in [6.45, 7) is 3.35. The molecule has 2 amide bonds. The third kappa shape index (κ3) is 7.81. The Balaban J connectivity index is 2.56.